The van der Waals surface area contributed by atoms with Crippen LogP contribution in [-0.2, 0) is 16.2 Å². The molecule has 0 aliphatic carbocycles. The summed E-state index contributed by atoms with van der Waals surface area (Å²) in [6, 6.07) is 20.9. The molecule has 2 heterocycles. The van der Waals surface area contributed by atoms with Crippen LogP contribution in [0.1, 0.15) is 18.1 Å². The van der Waals surface area contributed by atoms with Crippen LogP contribution >= 0.6 is 11.6 Å². The molecule has 0 atom stereocenters. The Balaban J connectivity index is 1.30. The number of nitrogens with one attached hydrogen (secondary N) is 1. The summed E-state index contributed by atoms with van der Waals surface area (Å²) < 4.78 is 22.6. The van der Waals surface area contributed by atoms with E-state index in [1.807, 2.05) is 49.4 Å². The third kappa shape index (κ3) is 5.03. The topological polar surface area (TPSA) is 103 Å². The van der Waals surface area contributed by atoms with Crippen molar-refractivity contribution in [1.82, 2.24) is 5.32 Å². The zero-order chi connectivity index (χ0) is 28.5. The fraction of sp³-hybridized carbons (Fsp3) is 0.129. The average molecular weight is 571 g/mol. The van der Waals surface area contributed by atoms with Crippen molar-refractivity contribution >= 4 is 52.0 Å². The quantitative estimate of drug-likeness (QED) is 0.219. The largest absolute Gasteiger partial charge is 0.490 e. The van der Waals surface area contributed by atoms with Crippen LogP contribution in [0.25, 0.3) is 16.8 Å². The predicted octanol–water partition coefficient (Wildman–Crippen LogP) is 5.87. The molecule has 1 saturated heterocycles. The lowest BCUT2D eigenvalue weighted by atomic mass is 10.1. The summed E-state index contributed by atoms with van der Waals surface area (Å²) in [4.78, 5) is 39.6. The Bertz CT molecular complexity index is 1750. The molecule has 0 radical (unpaired) electrons. The number of hydrogen-bond acceptors (Lipinski definition) is 7. The van der Waals surface area contributed by atoms with E-state index in [4.69, 9.17) is 30.5 Å². The summed E-state index contributed by atoms with van der Waals surface area (Å²) >= 11 is 6.64. The predicted molar refractivity (Wildman–Crippen MR) is 152 cm³/mol. The van der Waals surface area contributed by atoms with Gasteiger partial charge in [0, 0.05) is 6.07 Å². The van der Waals surface area contributed by atoms with Crippen LogP contribution in [0.5, 0.6) is 23.0 Å². The second-order valence-corrected chi connectivity index (χ2v) is 9.59. The lowest BCUT2D eigenvalue weighted by Crippen LogP contribution is -2.54. The highest BCUT2D eigenvalue weighted by molar-refractivity contribution is 6.39. The molecule has 1 N–H and O–H groups in total. The molecule has 0 unspecified atom stereocenters. The van der Waals surface area contributed by atoms with Crippen LogP contribution in [0.15, 0.2) is 78.4 Å². The van der Waals surface area contributed by atoms with E-state index < -0.39 is 17.8 Å². The molecule has 2 aliphatic rings. The van der Waals surface area contributed by atoms with Gasteiger partial charge in [-0.05, 0) is 59.2 Å². The van der Waals surface area contributed by atoms with E-state index in [-0.39, 0.29) is 29.7 Å². The Kier molecular flexibility index (Phi) is 6.94. The van der Waals surface area contributed by atoms with Crippen molar-refractivity contribution in [1.29, 1.82) is 0 Å². The first kappa shape index (κ1) is 26.2. The Morgan fingerprint density at radius 3 is 2.61 bits per heavy atom. The van der Waals surface area contributed by atoms with Gasteiger partial charge in [0.1, 0.15) is 12.2 Å². The molecular weight excluding hydrogens is 548 g/mol. The zero-order valence-corrected chi connectivity index (χ0v) is 22.6. The minimum atomic E-state index is -0.874. The molecule has 4 amide bonds. The van der Waals surface area contributed by atoms with Crippen LogP contribution < -0.4 is 29.2 Å². The van der Waals surface area contributed by atoms with Gasteiger partial charge < -0.3 is 18.9 Å². The molecule has 41 heavy (non-hydrogen) atoms. The summed E-state index contributed by atoms with van der Waals surface area (Å²) in [6.45, 7) is 2.43. The Morgan fingerprint density at radius 2 is 1.76 bits per heavy atom. The molecule has 0 spiro atoms. The lowest BCUT2D eigenvalue weighted by molar-refractivity contribution is -0.122. The van der Waals surface area contributed by atoms with Crippen LogP contribution in [0, 0.1) is 0 Å². The van der Waals surface area contributed by atoms with Crippen molar-refractivity contribution in [2.24, 2.45) is 0 Å². The number of benzene rings is 4. The molecule has 10 heteroatoms. The SMILES string of the molecule is CCOc1cc(/C=C2\C(=O)NC(=O)N(c3ccc4c(c3)OCO4)C2=O)cc(Cl)c1OCc1cccc2ccccc12. The number of barbiturate groups is 1. The van der Waals surface area contributed by atoms with E-state index in [0.29, 0.717) is 35.2 Å². The molecule has 1 fully saturated rings. The molecule has 0 aromatic heterocycles. The number of nitrogens with zero attached hydrogens (tertiary/aromatic N) is 1. The molecular formula is C31H23ClN2O7. The highest BCUT2D eigenvalue weighted by atomic mass is 35.5. The summed E-state index contributed by atoms with van der Waals surface area (Å²) in [5.74, 6) is -0.0750. The fourth-order valence-electron chi connectivity index (χ4n) is 4.73. The number of urea groups is 1. The first-order valence-corrected chi connectivity index (χ1v) is 13.2. The molecule has 2 aliphatic heterocycles. The molecule has 0 bridgehead atoms. The maximum Gasteiger partial charge on any atom is 0.335 e. The van der Waals surface area contributed by atoms with Crippen LogP contribution in [0.2, 0.25) is 5.02 Å². The van der Waals surface area contributed by atoms with Crippen LogP contribution in [0.4, 0.5) is 10.5 Å². The minimum absolute atomic E-state index is 0.0349. The Morgan fingerprint density at radius 1 is 0.951 bits per heavy atom. The van der Waals surface area contributed by atoms with Crippen molar-refractivity contribution in [3.63, 3.8) is 0 Å². The van der Waals surface area contributed by atoms with Gasteiger partial charge in [0.25, 0.3) is 11.8 Å². The second-order valence-electron chi connectivity index (χ2n) is 9.19. The summed E-state index contributed by atoms with van der Waals surface area (Å²) in [5.41, 5.74) is 1.35. The number of imide groups is 2. The fourth-order valence-corrected chi connectivity index (χ4v) is 5.00. The van der Waals surface area contributed by atoms with Gasteiger partial charge in [-0.15, -0.1) is 0 Å². The third-order valence-corrected chi connectivity index (χ3v) is 6.89. The monoisotopic (exact) mass is 570 g/mol. The van der Waals surface area contributed by atoms with E-state index in [1.54, 1.807) is 18.2 Å². The van der Waals surface area contributed by atoms with Gasteiger partial charge in [0.2, 0.25) is 6.79 Å². The maximum absolute atomic E-state index is 13.4. The number of hydrogen-bond donors (Lipinski definition) is 1. The highest BCUT2D eigenvalue weighted by Crippen LogP contribution is 2.39. The normalized spacial score (nSPS) is 15.4. The van der Waals surface area contributed by atoms with Gasteiger partial charge in [-0.2, -0.15) is 0 Å². The first-order valence-electron chi connectivity index (χ1n) is 12.8. The van der Waals surface area contributed by atoms with Crippen molar-refractivity contribution in [2.45, 2.75) is 13.5 Å². The van der Waals surface area contributed by atoms with E-state index in [1.165, 1.54) is 18.2 Å². The van der Waals surface area contributed by atoms with Crippen LogP contribution in [-0.4, -0.2) is 31.2 Å². The van der Waals surface area contributed by atoms with Gasteiger partial charge in [0.15, 0.2) is 23.0 Å². The molecule has 9 nitrogen and oxygen atoms in total. The van der Waals surface area contributed by atoms with Gasteiger partial charge in [0.05, 0.1) is 17.3 Å². The molecule has 4 aromatic rings. The first-order chi connectivity index (χ1) is 19.9. The maximum atomic E-state index is 13.4. The Labute approximate surface area is 239 Å². The van der Waals surface area contributed by atoms with Gasteiger partial charge >= 0.3 is 6.03 Å². The number of carbonyl (C=O) groups excluding carboxylic acids is 3. The highest BCUT2D eigenvalue weighted by Gasteiger charge is 2.37. The third-order valence-electron chi connectivity index (χ3n) is 6.61. The summed E-state index contributed by atoms with van der Waals surface area (Å²) in [5, 5.41) is 4.60. The molecule has 0 saturated carbocycles. The number of fused-ring (bicyclic) bond motifs is 2. The number of amides is 4. The van der Waals surface area contributed by atoms with Crippen molar-refractivity contribution < 1.29 is 33.3 Å². The number of ether oxygens (including phenoxy) is 4. The molecule has 206 valence electrons. The molecule has 4 aromatic carbocycles. The van der Waals surface area contributed by atoms with Crippen molar-refractivity contribution in [3.05, 3.63) is 94.5 Å². The van der Waals surface area contributed by atoms with E-state index in [0.717, 1.165) is 21.2 Å². The number of carbonyl (C=O) groups is 3. The molecule has 6 rings (SSSR count). The minimum Gasteiger partial charge on any atom is -0.490 e. The Hall–Kier alpha value is -5.02. The van der Waals surface area contributed by atoms with Crippen LogP contribution in [0.3, 0.4) is 0 Å². The van der Waals surface area contributed by atoms with Gasteiger partial charge in [-0.1, -0.05) is 54.1 Å². The second kappa shape index (κ2) is 10.9. The van der Waals surface area contributed by atoms with Crippen molar-refractivity contribution in [2.75, 3.05) is 18.3 Å². The number of rotatable bonds is 7. The van der Waals surface area contributed by atoms with Gasteiger partial charge in [-0.3, -0.25) is 14.9 Å². The average Bonchev–Trinajstić information content (AvgIpc) is 3.43. The smallest absolute Gasteiger partial charge is 0.335 e. The number of halogens is 1. The number of anilines is 1. The van der Waals surface area contributed by atoms with E-state index >= 15 is 0 Å². The standard InChI is InChI=1S/C31H23ClN2O7/c1-2-38-27-14-18(13-24(32)28(27)39-16-20-8-5-7-19-6-3-4-9-22(19)20)12-23-29(35)33-31(37)34(30(23)36)21-10-11-25-26(15-21)41-17-40-25/h3-15H,2,16-17H2,1H3,(H,33,35,37)/b23-12+. The van der Waals surface area contributed by atoms with Crippen molar-refractivity contribution in [3.8, 4) is 23.0 Å². The van der Waals surface area contributed by atoms with E-state index in [9.17, 15) is 14.4 Å². The summed E-state index contributed by atoms with van der Waals surface area (Å²) in [6.07, 6.45) is 1.35. The van der Waals surface area contributed by atoms with Gasteiger partial charge in [-0.25, -0.2) is 9.69 Å². The zero-order valence-electron chi connectivity index (χ0n) is 21.8. The van der Waals surface area contributed by atoms with E-state index in [2.05, 4.69) is 5.32 Å². The summed E-state index contributed by atoms with van der Waals surface area (Å²) in [7, 11) is 0. The lowest BCUT2D eigenvalue weighted by Gasteiger charge is -2.26.